The van der Waals surface area contributed by atoms with E-state index >= 15 is 0 Å². The smallest absolute Gasteiger partial charge is 0.261 e. The molecule has 1 saturated heterocycles. The first kappa shape index (κ1) is 20.1. The zero-order valence-corrected chi connectivity index (χ0v) is 17.5. The molecule has 7 heteroatoms. The highest BCUT2D eigenvalue weighted by Gasteiger charge is 2.14. The molecule has 1 aromatic heterocycles. The third-order valence-electron chi connectivity index (χ3n) is 5.65. The molecule has 0 bridgehead atoms. The average Bonchev–Trinajstić information content (AvgIpc) is 2.75. The maximum Gasteiger partial charge on any atom is 0.261 e. The van der Waals surface area contributed by atoms with Crippen LogP contribution in [0.1, 0.15) is 12.0 Å². The van der Waals surface area contributed by atoms with Crippen LogP contribution >= 0.6 is 0 Å². The fraction of sp³-hybridized carbons (Fsp3) is 0.348. The second-order valence-electron chi connectivity index (χ2n) is 7.85. The quantitative estimate of drug-likeness (QED) is 0.706. The predicted molar refractivity (Wildman–Crippen MR) is 120 cm³/mol. The molecule has 1 amide bonds. The second-order valence-corrected chi connectivity index (χ2v) is 7.85. The first-order valence-corrected chi connectivity index (χ1v) is 10.3. The van der Waals surface area contributed by atoms with E-state index in [1.54, 1.807) is 6.07 Å². The summed E-state index contributed by atoms with van der Waals surface area (Å²) in [6.45, 7) is 6.36. The van der Waals surface area contributed by atoms with Crippen LogP contribution < -0.4 is 15.8 Å². The molecule has 2 aromatic carbocycles. The van der Waals surface area contributed by atoms with Crippen molar-refractivity contribution in [2.75, 3.05) is 43.4 Å². The van der Waals surface area contributed by atoms with Gasteiger partial charge in [-0.3, -0.25) is 14.2 Å². The van der Waals surface area contributed by atoms with Crippen LogP contribution in [-0.2, 0) is 11.3 Å². The molecule has 1 N–H and O–H groups in total. The second kappa shape index (κ2) is 8.67. The van der Waals surface area contributed by atoms with Gasteiger partial charge in [0.25, 0.3) is 5.56 Å². The molecule has 3 aromatic rings. The average molecular weight is 406 g/mol. The van der Waals surface area contributed by atoms with Gasteiger partial charge in [-0.1, -0.05) is 12.1 Å². The SMILES string of the molecule is Cc1cccc2c(=O)n(CCC(=O)Nc3ccc(N4CCN(C)CC4)cc3)cnc12. The van der Waals surface area contributed by atoms with E-state index in [9.17, 15) is 9.59 Å². The lowest BCUT2D eigenvalue weighted by Crippen LogP contribution is -2.44. The van der Waals surface area contributed by atoms with Crippen LogP contribution in [0.25, 0.3) is 10.9 Å². The Kier molecular flexibility index (Phi) is 5.81. The van der Waals surface area contributed by atoms with Crippen LogP contribution in [0, 0.1) is 6.92 Å². The highest BCUT2D eigenvalue weighted by molar-refractivity contribution is 5.90. The van der Waals surface area contributed by atoms with E-state index < -0.39 is 0 Å². The Morgan fingerprint density at radius 1 is 1.07 bits per heavy atom. The number of aromatic nitrogens is 2. The Morgan fingerprint density at radius 2 is 1.80 bits per heavy atom. The van der Waals surface area contributed by atoms with Gasteiger partial charge >= 0.3 is 0 Å². The van der Waals surface area contributed by atoms with Crippen LogP contribution in [0.15, 0.2) is 53.6 Å². The highest BCUT2D eigenvalue weighted by Crippen LogP contribution is 2.19. The largest absolute Gasteiger partial charge is 0.369 e. The van der Waals surface area contributed by atoms with Gasteiger partial charge in [-0.2, -0.15) is 0 Å². The first-order chi connectivity index (χ1) is 14.5. The van der Waals surface area contributed by atoms with Gasteiger partial charge in [0.15, 0.2) is 0 Å². The van der Waals surface area contributed by atoms with E-state index in [0.29, 0.717) is 17.4 Å². The molecule has 0 saturated carbocycles. The molecule has 156 valence electrons. The van der Waals surface area contributed by atoms with Gasteiger partial charge in [0.05, 0.1) is 17.2 Å². The molecular formula is C23H27N5O2. The summed E-state index contributed by atoms with van der Waals surface area (Å²) in [4.78, 5) is 34.1. The zero-order valence-electron chi connectivity index (χ0n) is 17.5. The third kappa shape index (κ3) is 4.36. The molecule has 7 nitrogen and oxygen atoms in total. The van der Waals surface area contributed by atoms with Gasteiger partial charge < -0.3 is 15.1 Å². The van der Waals surface area contributed by atoms with E-state index in [-0.39, 0.29) is 17.9 Å². The number of rotatable bonds is 5. The molecule has 0 spiro atoms. The fourth-order valence-corrected chi connectivity index (χ4v) is 3.76. The van der Waals surface area contributed by atoms with Crippen LogP contribution in [0.5, 0.6) is 0 Å². The molecule has 0 radical (unpaired) electrons. The Hall–Kier alpha value is -3.19. The number of hydrogen-bond donors (Lipinski definition) is 1. The number of aryl methyl sites for hydroxylation is 2. The van der Waals surface area contributed by atoms with Crippen LogP contribution in [0.4, 0.5) is 11.4 Å². The molecule has 2 heterocycles. The number of likely N-dealkylation sites (N-methyl/N-ethyl adjacent to an activating group) is 1. The molecule has 4 rings (SSSR count). The Balaban J connectivity index is 1.35. The monoisotopic (exact) mass is 405 g/mol. The molecule has 0 aliphatic carbocycles. The summed E-state index contributed by atoms with van der Waals surface area (Å²) < 4.78 is 1.50. The zero-order chi connectivity index (χ0) is 21.1. The Morgan fingerprint density at radius 3 is 2.53 bits per heavy atom. The van der Waals surface area contributed by atoms with E-state index in [0.717, 1.165) is 37.4 Å². The molecule has 1 fully saturated rings. The van der Waals surface area contributed by atoms with Crippen molar-refractivity contribution in [2.24, 2.45) is 0 Å². The van der Waals surface area contributed by atoms with Crippen LogP contribution in [-0.4, -0.2) is 53.6 Å². The normalized spacial score (nSPS) is 14.8. The number of para-hydroxylation sites is 1. The Bertz CT molecular complexity index is 1100. The standard InChI is InChI=1S/C23H27N5O2/c1-17-4-3-5-20-22(17)24-16-28(23(20)30)11-10-21(29)25-18-6-8-19(9-7-18)27-14-12-26(2)13-15-27/h3-9,16H,10-15H2,1-2H3,(H,25,29). The molecule has 0 unspecified atom stereocenters. The Labute approximate surface area is 175 Å². The lowest BCUT2D eigenvalue weighted by atomic mass is 10.1. The number of nitrogens with one attached hydrogen (secondary N) is 1. The minimum Gasteiger partial charge on any atom is -0.369 e. The van der Waals surface area contributed by atoms with Crippen molar-refractivity contribution in [1.29, 1.82) is 0 Å². The summed E-state index contributed by atoms with van der Waals surface area (Å²) in [5, 5.41) is 3.49. The van der Waals surface area contributed by atoms with Gasteiger partial charge in [0, 0.05) is 50.5 Å². The number of hydrogen-bond acceptors (Lipinski definition) is 5. The topological polar surface area (TPSA) is 70.5 Å². The lowest BCUT2D eigenvalue weighted by molar-refractivity contribution is -0.116. The van der Waals surface area contributed by atoms with Gasteiger partial charge in [-0.15, -0.1) is 0 Å². The summed E-state index contributed by atoms with van der Waals surface area (Å²) in [6.07, 6.45) is 1.73. The molecule has 30 heavy (non-hydrogen) atoms. The first-order valence-electron chi connectivity index (χ1n) is 10.3. The van der Waals surface area contributed by atoms with Crippen molar-refractivity contribution in [2.45, 2.75) is 19.9 Å². The van der Waals surface area contributed by atoms with Gasteiger partial charge in [-0.25, -0.2) is 4.98 Å². The van der Waals surface area contributed by atoms with E-state index in [1.807, 2.05) is 43.3 Å². The van der Waals surface area contributed by atoms with E-state index in [2.05, 4.69) is 27.1 Å². The van der Waals surface area contributed by atoms with Crippen molar-refractivity contribution in [1.82, 2.24) is 14.5 Å². The number of amides is 1. The highest BCUT2D eigenvalue weighted by atomic mass is 16.2. The summed E-state index contributed by atoms with van der Waals surface area (Å²) >= 11 is 0. The molecular weight excluding hydrogens is 378 g/mol. The van der Waals surface area contributed by atoms with Crippen molar-refractivity contribution in [3.63, 3.8) is 0 Å². The number of anilines is 2. The number of nitrogens with zero attached hydrogens (tertiary/aromatic N) is 4. The summed E-state index contributed by atoms with van der Waals surface area (Å²) in [5.41, 5.74) is 3.49. The number of carbonyl (C=O) groups is 1. The minimum absolute atomic E-state index is 0.118. The fourth-order valence-electron chi connectivity index (χ4n) is 3.76. The van der Waals surface area contributed by atoms with Gasteiger partial charge in [0.1, 0.15) is 0 Å². The lowest BCUT2D eigenvalue weighted by Gasteiger charge is -2.34. The number of fused-ring (bicyclic) bond motifs is 1. The number of piperazine rings is 1. The summed E-state index contributed by atoms with van der Waals surface area (Å²) in [5.74, 6) is -0.126. The van der Waals surface area contributed by atoms with Crippen molar-refractivity contribution < 1.29 is 4.79 Å². The minimum atomic E-state index is -0.126. The van der Waals surface area contributed by atoms with E-state index in [1.165, 1.54) is 16.6 Å². The molecule has 1 aliphatic heterocycles. The van der Waals surface area contributed by atoms with Crippen molar-refractivity contribution >= 4 is 28.2 Å². The van der Waals surface area contributed by atoms with Crippen LogP contribution in [0.2, 0.25) is 0 Å². The summed E-state index contributed by atoms with van der Waals surface area (Å²) in [6, 6.07) is 13.5. The third-order valence-corrected chi connectivity index (χ3v) is 5.65. The van der Waals surface area contributed by atoms with Crippen molar-refractivity contribution in [3.05, 3.63) is 64.7 Å². The van der Waals surface area contributed by atoms with E-state index in [4.69, 9.17) is 0 Å². The van der Waals surface area contributed by atoms with Crippen molar-refractivity contribution in [3.8, 4) is 0 Å². The number of benzene rings is 2. The van der Waals surface area contributed by atoms with Gasteiger partial charge in [0.2, 0.25) is 5.91 Å². The number of carbonyl (C=O) groups excluding carboxylic acids is 1. The van der Waals surface area contributed by atoms with Gasteiger partial charge in [-0.05, 0) is 49.9 Å². The molecule has 1 aliphatic rings. The van der Waals surface area contributed by atoms with Crippen LogP contribution in [0.3, 0.4) is 0 Å². The predicted octanol–water partition coefficient (Wildman–Crippen LogP) is 2.49. The maximum absolute atomic E-state index is 12.6. The molecule has 0 atom stereocenters. The summed E-state index contributed by atoms with van der Waals surface area (Å²) in [7, 11) is 2.14. The maximum atomic E-state index is 12.6.